The molecule has 12 nitrogen and oxygen atoms in total. The van der Waals surface area contributed by atoms with Gasteiger partial charge in [-0.1, -0.05) is 12.1 Å². The maximum absolute atomic E-state index is 13.7. The fourth-order valence-corrected chi connectivity index (χ4v) is 5.91. The van der Waals surface area contributed by atoms with Crippen LogP contribution in [0.25, 0.3) is 0 Å². The lowest BCUT2D eigenvalue weighted by atomic mass is 9.71. The van der Waals surface area contributed by atoms with Crippen molar-refractivity contribution in [3.63, 3.8) is 0 Å². The lowest BCUT2D eigenvalue weighted by Gasteiger charge is -2.42. The second kappa shape index (κ2) is 9.82. The second-order valence-electron chi connectivity index (χ2n) is 10.3. The van der Waals surface area contributed by atoms with Crippen molar-refractivity contribution < 1.29 is 54.4 Å². The monoisotopic (exact) mass is 545 g/mol. The summed E-state index contributed by atoms with van der Waals surface area (Å²) in [6.45, 7) is 0.587. The minimum absolute atomic E-state index is 0.0132. The van der Waals surface area contributed by atoms with E-state index < -0.39 is 84.9 Å². The Labute approximate surface area is 223 Å². The van der Waals surface area contributed by atoms with Crippen molar-refractivity contribution >= 4 is 11.6 Å². The molecule has 2 aliphatic carbocycles. The van der Waals surface area contributed by atoms with Gasteiger partial charge in [0, 0.05) is 47.6 Å². The first-order valence-corrected chi connectivity index (χ1v) is 12.5. The summed E-state index contributed by atoms with van der Waals surface area (Å²) in [4.78, 5) is 26.3. The quantitative estimate of drug-likeness (QED) is 0.245. The van der Waals surface area contributed by atoms with Gasteiger partial charge >= 0.3 is 0 Å². The highest BCUT2D eigenvalue weighted by molar-refractivity contribution is 6.16. The summed E-state index contributed by atoms with van der Waals surface area (Å²) >= 11 is 0. The summed E-state index contributed by atoms with van der Waals surface area (Å²) in [7, 11) is 1.35. The van der Waals surface area contributed by atoms with Gasteiger partial charge in [-0.2, -0.15) is 0 Å². The molecule has 2 aromatic rings. The van der Waals surface area contributed by atoms with Gasteiger partial charge in [0.05, 0.1) is 36.5 Å². The molecular formula is C27H31NO11. The van der Waals surface area contributed by atoms with Gasteiger partial charge < -0.3 is 50.6 Å². The number of carbonyl (C=O) groups is 2. The number of aliphatic hydroxyl groups excluding tert-OH is 3. The molecule has 1 heterocycles. The molecule has 1 saturated heterocycles. The average molecular weight is 546 g/mol. The first kappa shape index (κ1) is 27.5. The topological polar surface area (TPSA) is 209 Å². The SMILES string of the molecule is COc1cccc2c1C(=O)c1c(O)c3c(c(O)c1C2O)C[C@@](O)(C(=O)CO)C[C@@H]3O[C@H]1C[C@H](N)[C@H](O)[C@H](C)O1. The van der Waals surface area contributed by atoms with Gasteiger partial charge in [-0.05, 0) is 13.0 Å². The van der Waals surface area contributed by atoms with Crippen molar-refractivity contribution in [2.45, 2.75) is 68.5 Å². The number of hydrogen-bond donors (Lipinski definition) is 7. The number of Topliss-reactive ketones (excluding diaryl/α,β-unsaturated/α-hetero) is 1. The summed E-state index contributed by atoms with van der Waals surface area (Å²) < 4.78 is 17.1. The number of carbonyl (C=O) groups excluding carboxylic acids is 2. The highest BCUT2D eigenvalue weighted by Crippen LogP contribution is 2.54. The van der Waals surface area contributed by atoms with Crippen LogP contribution in [0.5, 0.6) is 17.2 Å². The molecular weight excluding hydrogens is 514 g/mol. The Hall–Kier alpha value is -3.10. The molecule has 2 aromatic carbocycles. The number of ether oxygens (including phenoxy) is 3. The molecule has 5 rings (SSSR count). The Balaban J connectivity index is 1.68. The molecule has 0 bridgehead atoms. The number of hydrogen-bond acceptors (Lipinski definition) is 12. The molecule has 0 saturated carbocycles. The van der Waals surface area contributed by atoms with Crippen molar-refractivity contribution in [2.24, 2.45) is 5.73 Å². The number of phenolic OH excluding ortho intramolecular Hbond substituents is 2. The minimum Gasteiger partial charge on any atom is -0.507 e. The van der Waals surface area contributed by atoms with Gasteiger partial charge in [-0.3, -0.25) is 9.59 Å². The predicted molar refractivity (Wildman–Crippen MR) is 132 cm³/mol. The number of aliphatic hydroxyl groups is 4. The summed E-state index contributed by atoms with van der Waals surface area (Å²) in [6, 6.07) is 3.85. The zero-order valence-corrected chi connectivity index (χ0v) is 21.3. The van der Waals surface area contributed by atoms with E-state index in [1.165, 1.54) is 19.2 Å². The van der Waals surface area contributed by atoms with E-state index >= 15 is 0 Å². The molecule has 7 atom stereocenters. The maximum Gasteiger partial charge on any atom is 0.201 e. The van der Waals surface area contributed by atoms with Crippen LogP contribution in [0.4, 0.5) is 0 Å². The molecule has 8 N–H and O–H groups in total. The lowest BCUT2D eigenvalue weighted by molar-refractivity contribution is -0.247. The Morgan fingerprint density at radius 3 is 2.54 bits per heavy atom. The smallest absolute Gasteiger partial charge is 0.201 e. The number of rotatable bonds is 5. The zero-order chi connectivity index (χ0) is 28.4. The highest BCUT2D eigenvalue weighted by atomic mass is 16.7. The number of fused-ring (bicyclic) bond motifs is 3. The van der Waals surface area contributed by atoms with Crippen LogP contribution in [0.2, 0.25) is 0 Å². The van der Waals surface area contributed by atoms with Gasteiger partial charge in [-0.15, -0.1) is 0 Å². The largest absolute Gasteiger partial charge is 0.507 e. The summed E-state index contributed by atoms with van der Waals surface area (Å²) in [6.07, 6.45) is -6.53. The zero-order valence-electron chi connectivity index (χ0n) is 21.3. The van der Waals surface area contributed by atoms with Crippen molar-refractivity contribution in [3.8, 4) is 17.2 Å². The number of methoxy groups -OCH3 is 1. The van der Waals surface area contributed by atoms with Crippen LogP contribution in [0.15, 0.2) is 18.2 Å². The van der Waals surface area contributed by atoms with Gasteiger partial charge in [-0.25, -0.2) is 0 Å². The van der Waals surface area contributed by atoms with Crippen molar-refractivity contribution in [1.82, 2.24) is 0 Å². The normalized spacial score (nSPS) is 31.7. The summed E-state index contributed by atoms with van der Waals surface area (Å²) in [5, 5.41) is 65.1. The Morgan fingerprint density at radius 1 is 1.18 bits per heavy atom. The Morgan fingerprint density at radius 2 is 1.90 bits per heavy atom. The molecule has 0 radical (unpaired) electrons. The second-order valence-corrected chi connectivity index (χ2v) is 10.3. The fraction of sp³-hybridized carbons (Fsp3) is 0.481. The standard InChI is InChI=1S/C27H31NO11/c1-10-22(31)13(28)6-17(38-10)39-15-8-27(36,16(30)9-29)7-12-19(15)26(35)21-20(24(12)33)23(32)11-4-3-5-14(37-2)18(11)25(21)34/h3-5,10,13,15,17,22-23,29,31-33,35-36H,6-9,28H2,1-2H3/t10-,13-,15-,17-,22+,23?,27-/m0/s1. The van der Waals surface area contributed by atoms with Crippen LogP contribution in [0.3, 0.4) is 0 Å². The summed E-state index contributed by atoms with van der Waals surface area (Å²) in [5.74, 6) is -2.71. The van der Waals surface area contributed by atoms with E-state index in [2.05, 4.69) is 0 Å². The van der Waals surface area contributed by atoms with Crippen LogP contribution < -0.4 is 10.5 Å². The molecule has 39 heavy (non-hydrogen) atoms. The third-order valence-corrected chi connectivity index (χ3v) is 7.97. The van der Waals surface area contributed by atoms with Gasteiger partial charge in [0.25, 0.3) is 0 Å². The van der Waals surface area contributed by atoms with Crippen LogP contribution in [0, 0.1) is 0 Å². The van der Waals surface area contributed by atoms with E-state index in [9.17, 15) is 40.2 Å². The van der Waals surface area contributed by atoms with Gasteiger partial charge in [0.1, 0.15) is 35.6 Å². The average Bonchev–Trinajstić information content (AvgIpc) is 2.90. The third-order valence-electron chi connectivity index (χ3n) is 7.97. The van der Waals surface area contributed by atoms with E-state index in [4.69, 9.17) is 19.9 Å². The van der Waals surface area contributed by atoms with Crippen LogP contribution in [0.1, 0.15) is 70.1 Å². The molecule has 0 spiro atoms. The molecule has 0 aromatic heterocycles. The summed E-state index contributed by atoms with van der Waals surface area (Å²) in [5.41, 5.74) is 3.10. The van der Waals surface area contributed by atoms with E-state index in [0.717, 1.165) is 0 Å². The number of phenols is 2. The van der Waals surface area contributed by atoms with Crippen LogP contribution >= 0.6 is 0 Å². The number of ketones is 2. The number of nitrogens with two attached hydrogens (primary N) is 1. The number of aromatic hydroxyl groups is 2. The van der Waals surface area contributed by atoms with Crippen molar-refractivity contribution in [1.29, 1.82) is 0 Å². The minimum atomic E-state index is -2.21. The highest BCUT2D eigenvalue weighted by Gasteiger charge is 2.50. The molecule has 1 fully saturated rings. The Kier molecular flexibility index (Phi) is 6.92. The number of benzene rings is 2. The molecule has 12 heteroatoms. The first-order valence-electron chi connectivity index (χ1n) is 12.5. The maximum atomic E-state index is 13.7. The fourth-order valence-electron chi connectivity index (χ4n) is 5.91. The van der Waals surface area contributed by atoms with Crippen LogP contribution in [-0.4, -0.2) is 86.1 Å². The molecule has 1 aliphatic heterocycles. The molecule has 0 amide bonds. The van der Waals surface area contributed by atoms with E-state index in [0.29, 0.717) is 0 Å². The van der Waals surface area contributed by atoms with Crippen molar-refractivity contribution in [2.75, 3.05) is 13.7 Å². The van der Waals surface area contributed by atoms with Gasteiger partial charge in [0.2, 0.25) is 5.78 Å². The van der Waals surface area contributed by atoms with Gasteiger partial charge in [0.15, 0.2) is 12.1 Å². The van der Waals surface area contributed by atoms with E-state index in [1.54, 1.807) is 13.0 Å². The Bertz CT molecular complexity index is 1330. The molecule has 3 aliphatic rings. The molecule has 1 unspecified atom stereocenters. The molecule has 210 valence electrons. The van der Waals surface area contributed by atoms with E-state index in [1.807, 2.05) is 0 Å². The first-order chi connectivity index (χ1) is 18.4. The van der Waals surface area contributed by atoms with Crippen molar-refractivity contribution in [3.05, 3.63) is 51.6 Å². The van der Waals surface area contributed by atoms with E-state index in [-0.39, 0.29) is 45.6 Å². The third kappa shape index (κ3) is 4.19. The lowest BCUT2D eigenvalue weighted by Crippen LogP contribution is -2.53. The van der Waals surface area contributed by atoms with Crippen LogP contribution in [-0.2, 0) is 20.7 Å². The predicted octanol–water partition coefficient (Wildman–Crippen LogP) is -0.148.